The van der Waals surface area contributed by atoms with Crippen molar-refractivity contribution < 1.29 is 14.4 Å². The zero-order valence-corrected chi connectivity index (χ0v) is 13.2. The third-order valence-electron chi connectivity index (χ3n) is 3.19. The molecule has 6 heteroatoms. The fourth-order valence-electron chi connectivity index (χ4n) is 1.88. The average molecular weight is 315 g/mol. The highest BCUT2D eigenvalue weighted by Gasteiger charge is 2.09. The third kappa shape index (κ3) is 7.77. The summed E-state index contributed by atoms with van der Waals surface area (Å²) in [5.41, 5.74) is 1.70. The zero-order valence-electron chi connectivity index (χ0n) is 13.2. The highest BCUT2D eigenvalue weighted by atomic mass is 16.2. The minimum atomic E-state index is -0.317. The van der Waals surface area contributed by atoms with Crippen LogP contribution >= 0.6 is 0 Å². The Kier molecular flexibility index (Phi) is 8.08. The van der Waals surface area contributed by atoms with Gasteiger partial charge in [0.2, 0.25) is 11.8 Å². The van der Waals surface area contributed by atoms with Crippen LogP contribution in [-0.2, 0) is 9.59 Å². The predicted molar refractivity (Wildman–Crippen MR) is 85.6 cm³/mol. The summed E-state index contributed by atoms with van der Waals surface area (Å²) in [6.07, 6.45) is 0.740. The van der Waals surface area contributed by atoms with E-state index in [0.717, 1.165) is 5.56 Å². The van der Waals surface area contributed by atoms with Crippen LogP contribution in [0.3, 0.4) is 0 Å². The summed E-state index contributed by atoms with van der Waals surface area (Å²) in [5, 5.41) is 13.6. The number of carbonyl (C=O) groups excluding carboxylic acids is 3. The van der Waals surface area contributed by atoms with Crippen molar-refractivity contribution in [2.75, 3.05) is 13.1 Å². The van der Waals surface area contributed by atoms with Gasteiger partial charge in [-0.3, -0.25) is 14.4 Å². The Morgan fingerprint density at radius 3 is 2.22 bits per heavy atom. The van der Waals surface area contributed by atoms with E-state index in [9.17, 15) is 14.4 Å². The summed E-state index contributed by atoms with van der Waals surface area (Å²) in [4.78, 5) is 34.6. The van der Waals surface area contributed by atoms with Crippen LogP contribution < -0.4 is 10.6 Å². The van der Waals surface area contributed by atoms with Gasteiger partial charge in [-0.2, -0.15) is 5.26 Å². The lowest BCUT2D eigenvalue weighted by molar-refractivity contribution is -0.121. The summed E-state index contributed by atoms with van der Waals surface area (Å²) in [6.45, 7) is 2.78. The number of amides is 2. The number of hydrogen-bond acceptors (Lipinski definition) is 4. The van der Waals surface area contributed by atoms with Crippen LogP contribution in [0.2, 0.25) is 0 Å². The molecule has 0 aliphatic heterocycles. The summed E-state index contributed by atoms with van der Waals surface area (Å²) >= 11 is 0. The molecule has 0 aliphatic carbocycles. The lowest BCUT2D eigenvalue weighted by Gasteiger charge is -2.06. The number of aryl methyl sites for hydroxylation is 1. The standard InChI is InChI=1S/C17H21N3O3/c1-13-3-5-14(6-4-13)15(21)7-8-16(22)19-11-2-12-20-17(23)9-10-18/h3-6H,2,7-9,11-12H2,1H3,(H,19,22)(H,20,23). The monoisotopic (exact) mass is 315 g/mol. The van der Waals surface area contributed by atoms with Gasteiger partial charge in [0.15, 0.2) is 5.78 Å². The first-order chi connectivity index (χ1) is 11.0. The van der Waals surface area contributed by atoms with Gasteiger partial charge >= 0.3 is 0 Å². The molecule has 1 aromatic rings. The van der Waals surface area contributed by atoms with Crippen LogP contribution in [0.5, 0.6) is 0 Å². The number of rotatable bonds is 9. The average Bonchev–Trinajstić information content (AvgIpc) is 2.53. The normalized spacial score (nSPS) is 9.74. The van der Waals surface area contributed by atoms with Gasteiger partial charge < -0.3 is 10.6 Å². The molecule has 0 fully saturated rings. The molecular weight excluding hydrogens is 294 g/mol. The molecule has 0 aliphatic rings. The number of hydrogen-bond donors (Lipinski definition) is 2. The first kappa shape index (κ1) is 18.4. The molecule has 1 rings (SSSR count). The molecule has 0 unspecified atom stereocenters. The van der Waals surface area contributed by atoms with Gasteiger partial charge in [0.25, 0.3) is 0 Å². The van der Waals surface area contributed by atoms with Crippen molar-refractivity contribution in [3.8, 4) is 6.07 Å². The van der Waals surface area contributed by atoms with Gasteiger partial charge in [0.1, 0.15) is 6.42 Å². The fourth-order valence-corrected chi connectivity index (χ4v) is 1.88. The summed E-state index contributed by atoms with van der Waals surface area (Å²) in [5.74, 6) is -0.555. The highest BCUT2D eigenvalue weighted by molar-refractivity contribution is 5.97. The molecular formula is C17H21N3O3. The minimum absolute atomic E-state index is 0.0519. The van der Waals surface area contributed by atoms with E-state index in [4.69, 9.17) is 5.26 Å². The molecule has 23 heavy (non-hydrogen) atoms. The smallest absolute Gasteiger partial charge is 0.234 e. The first-order valence-corrected chi connectivity index (χ1v) is 7.53. The zero-order chi connectivity index (χ0) is 17.1. The molecule has 1 aromatic carbocycles. The second kappa shape index (κ2) is 10.1. The fraction of sp³-hybridized carbons (Fsp3) is 0.412. The maximum atomic E-state index is 11.9. The quantitative estimate of drug-likeness (QED) is 0.533. The van der Waals surface area contributed by atoms with Crippen molar-refractivity contribution in [2.24, 2.45) is 0 Å². The second-order valence-corrected chi connectivity index (χ2v) is 5.18. The minimum Gasteiger partial charge on any atom is -0.356 e. The van der Waals surface area contributed by atoms with E-state index in [0.29, 0.717) is 25.1 Å². The van der Waals surface area contributed by atoms with Crippen molar-refractivity contribution in [3.05, 3.63) is 35.4 Å². The molecule has 0 aromatic heterocycles. The number of Topliss-reactive ketones (excluding diaryl/α,β-unsaturated/α-hetero) is 1. The number of nitrogens with zero attached hydrogens (tertiary/aromatic N) is 1. The Morgan fingerprint density at radius 1 is 1.00 bits per heavy atom. The summed E-state index contributed by atoms with van der Waals surface area (Å²) < 4.78 is 0. The number of nitrogens with one attached hydrogen (secondary N) is 2. The van der Waals surface area contributed by atoms with Gasteiger partial charge in [-0.25, -0.2) is 0 Å². The lowest BCUT2D eigenvalue weighted by atomic mass is 10.1. The molecule has 0 bridgehead atoms. The SMILES string of the molecule is Cc1ccc(C(=O)CCC(=O)NCCCNC(=O)CC#N)cc1. The molecule has 0 saturated carbocycles. The van der Waals surface area contributed by atoms with E-state index >= 15 is 0 Å². The van der Waals surface area contributed by atoms with E-state index < -0.39 is 0 Å². The van der Waals surface area contributed by atoms with Crippen molar-refractivity contribution in [3.63, 3.8) is 0 Å². The maximum absolute atomic E-state index is 11.9. The van der Waals surface area contributed by atoms with E-state index in [1.165, 1.54) is 0 Å². The molecule has 6 nitrogen and oxygen atoms in total. The van der Waals surface area contributed by atoms with Crippen molar-refractivity contribution >= 4 is 17.6 Å². The van der Waals surface area contributed by atoms with E-state index in [1.54, 1.807) is 18.2 Å². The van der Waals surface area contributed by atoms with Crippen LogP contribution in [-0.4, -0.2) is 30.7 Å². The highest BCUT2D eigenvalue weighted by Crippen LogP contribution is 2.07. The Bertz CT molecular complexity index is 588. The summed E-state index contributed by atoms with van der Waals surface area (Å²) in [7, 11) is 0. The Morgan fingerprint density at radius 2 is 1.61 bits per heavy atom. The molecule has 0 heterocycles. The third-order valence-corrected chi connectivity index (χ3v) is 3.19. The molecule has 0 spiro atoms. The molecule has 0 saturated heterocycles. The molecule has 0 atom stereocenters. The van der Waals surface area contributed by atoms with Gasteiger partial charge in [0.05, 0.1) is 6.07 Å². The molecule has 2 N–H and O–H groups in total. The van der Waals surface area contributed by atoms with Crippen molar-refractivity contribution in [1.29, 1.82) is 5.26 Å². The van der Waals surface area contributed by atoms with Crippen LogP contribution in [0, 0.1) is 18.3 Å². The van der Waals surface area contributed by atoms with E-state index in [2.05, 4.69) is 10.6 Å². The Labute approximate surface area is 135 Å². The molecule has 122 valence electrons. The van der Waals surface area contributed by atoms with Crippen molar-refractivity contribution in [1.82, 2.24) is 10.6 Å². The Hall–Kier alpha value is -2.68. The van der Waals surface area contributed by atoms with Gasteiger partial charge in [-0.05, 0) is 13.3 Å². The lowest BCUT2D eigenvalue weighted by Crippen LogP contribution is -2.29. The van der Waals surface area contributed by atoms with Crippen LogP contribution in [0.4, 0.5) is 0 Å². The maximum Gasteiger partial charge on any atom is 0.234 e. The first-order valence-electron chi connectivity index (χ1n) is 7.53. The number of nitriles is 1. The van der Waals surface area contributed by atoms with Crippen LogP contribution in [0.15, 0.2) is 24.3 Å². The number of carbonyl (C=O) groups is 3. The molecule has 2 amide bonds. The van der Waals surface area contributed by atoms with E-state index in [1.807, 2.05) is 19.1 Å². The predicted octanol–water partition coefficient (Wildman–Crippen LogP) is 1.49. The van der Waals surface area contributed by atoms with Gasteiger partial charge in [0, 0.05) is 31.5 Å². The van der Waals surface area contributed by atoms with Gasteiger partial charge in [-0.1, -0.05) is 29.8 Å². The van der Waals surface area contributed by atoms with Gasteiger partial charge in [-0.15, -0.1) is 0 Å². The van der Waals surface area contributed by atoms with Crippen LogP contribution in [0.1, 0.15) is 41.6 Å². The topological polar surface area (TPSA) is 99.1 Å². The molecule has 0 radical (unpaired) electrons. The summed E-state index contributed by atoms with van der Waals surface area (Å²) in [6, 6.07) is 9.02. The second-order valence-electron chi connectivity index (χ2n) is 5.18. The van der Waals surface area contributed by atoms with E-state index in [-0.39, 0.29) is 36.9 Å². The van der Waals surface area contributed by atoms with Crippen LogP contribution in [0.25, 0.3) is 0 Å². The Balaban J connectivity index is 2.15. The number of benzene rings is 1. The number of ketones is 1. The van der Waals surface area contributed by atoms with Crippen molar-refractivity contribution in [2.45, 2.75) is 32.6 Å². The largest absolute Gasteiger partial charge is 0.356 e.